The van der Waals surface area contributed by atoms with E-state index in [1.807, 2.05) is 12.1 Å². The van der Waals surface area contributed by atoms with Gasteiger partial charge in [0, 0.05) is 52.6 Å². The summed E-state index contributed by atoms with van der Waals surface area (Å²) in [7, 11) is 3.78. The van der Waals surface area contributed by atoms with Gasteiger partial charge in [0.2, 0.25) is 5.91 Å². The molecule has 2 aliphatic rings. The van der Waals surface area contributed by atoms with Crippen LogP contribution in [0.3, 0.4) is 0 Å². The highest BCUT2D eigenvalue weighted by atomic mass is 35.5. The van der Waals surface area contributed by atoms with E-state index in [0.717, 1.165) is 38.3 Å². The predicted molar refractivity (Wildman–Crippen MR) is 121 cm³/mol. The van der Waals surface area contributed by atoms with Gasteiger partial charge in [-0.1, -0.05) is 36.4 Å². The number of rotatable bonds is 4. The van der Waals surface area contributed by atoms with Crippen LogP contribution in [-0.4, -0.2) is 66.4 Å². The summed E-state index contributed by atoms with van der Waals surface area (Å²) in [6.07, 6.45) is -3.12. The van der Waals surface area contributed by atoms with Crippen molar-refractivity contribution in [3.05, 3.63) is 70.8 Å². The zero-order chi connectivity index (χ0) is 22.2. The van der Waals surface area contributed by atoms with Crippen LogP contribution in [0.2, 0.25) is 0 Å². The molecule has 0 N–H and O–H groups in total. The highest BCUT2D eigenvalue weighted by Gasteiger charge is 2.50. The summed E-state index contributed by atoms with van der Waals surface area (Å²) in [6, 6.07) is 13.4. The third kappa shape index (κ3) is 4.80. The average molecular weight is 468 g/mol. The highest BCUT2D eigenvalue weighted by Crippen LogP contribution is 2.37. The molecule has 1 saturated heterocycles. The number of amides is 1. The fourth-order valence-electron chi connectivity index (χ4n) is 4.89. The highest BCUT2D eigenvalue weighted by molar-refractivity contribution is 5.88. The molecule has 0 aromatic heterocycles. The number of piperazine rings is 1. The van der Waals surface area contributed by atoms with Crippen molar-refractivity contribution in [1.29, 1.82) is 0 Å². The van der Waals surface area contributed by atoms with Crippen LogP contribution in [0.25, 0.3) is 0 Å². The van der Waals surface area contributed by atoms with Crippen molar-refractivity contribution in [2.45, 2.75) is 31.1 Å². The summed E-state index contributed by atoms with van der Waals surface area (Å²) >= 11 is 0. The zero-order valence-corrected chi connectivity index (χ0v) is 19.2. The van der Waals surface area contributed by atoms with Crippen molar-refractivity contribution in [1.82, 2.24) is 14.7 Å². The summed E-state index contributed by atoms with van der Waals surface area (Å²) in [5, 5.41) is 0. The van der Waals surface area contributed by atoms with Crippen molar-refractivity contribution in [3.8, 4) is 0 Å². The van der Waals surface area contributed by atoms with Gasteiger partial charge in [0.1, 0.15) is 5.54 Å². The van der Waals surface area contributed by atoms with Crippen molar-refractivity contribution < 1.29 is 18.0 Å². The van der Waals surface area contributed by atoms with E-state index < -0.39 is 17.3 Å². The first kappa shape index (κ1) is 24.6. The third-order valence-corrected chi connectivity index (χ3v) is 6.61. The van der Waals surface area contributed by atoms with Gasteiger partial charge in [-0.3, -0.25) is 9.69 Å². The molecule has 0 radical (unpaired) electrons. The lowest BCUT2D eigenvalue weighted by Crippen LogP contribution is -2.63. The van der Waals surface area contributed by atoms with Gasteiger partial charge < -0.3 is 9.80 Å². The summed E-state index contributed by atoms with van der Waals surface area (Å²) in [5.41, 5.74) is 1.48. The van der Waals surface area contributed by atoms with Crippen LogP contribution in [0.15, 0.2) is 48.5 Å². The van der Waals surface area contributed by atoms with Gasteiger partial charge in [-0.2, -0.15) is 13.2 Å². The molecule has 1 heterocycles. The fourth-order valence-corrected chi connectivity index (χ4v) is 4.89. The number of hydrogen-bond donors (Lipinski definition) is 0. The van der Waals surface area contributed by atoms with Crippen molar-refractivity contribution in [3.63, 3.8) is 0 Å². The topological polar surface area (TPSA) is 26.8 Å². The molecule has 174 valence electrons. The molecule has 4 nitrogen and oxygen atoms in total. The molecule has 1 fully saturated rings. The van der Waals surface area contributed by atoms with E-state index in [0.29, 0.717) is 18.4 Å². The zero-order valence-electron chi connectivity index (χ0n) is 18.4. The lowest BCUT2D eigenvalue weighted by Gasteiger charge is -2.45. The lowest BCUT2D eigenvalue weighted by atomic mass is 9.90. The van der Waals surface area contributed by atoms with Crippen LogP contribution in [0.4, 0.5) is 13.2 Å². The quantitative estimate of drug-likeness (QED) is 0.683. The van der Waals surface area contributed by atoms with Gasteiger partial charge in [0.15, 0.2) is 0 Å². The maximum absolute atomic E-state index is 13.9. The Morgan fingerprint density at radius 2 is 1.59 bits per heavy atom. The van der Waals surface area contributed by atoms with Gasteiger partial charge >= 0.3 is 6.18 Å². The van der Waals surface area contributed by atoms with Crippen LogP contribution < -0.4 is 0 Å². The van der Waals surface area contributed by atoms with Gasteiger partial charge in [-0.25, -0.2) is 0 Å². The average Bonchev–Trinajstić information content (AvgIpc) is 3.14. The molecular weight excluding hydrogens is 439 g/mol. The van der Waals surface area contributed by atoms with E-state index in [9.17, 15) is 18.0 Å². The maximum atomic E-state index is 13.9. The lowest BCUT2D eigenvalue weighted by molar-refractivity contribution is -0.145. The summed E-state index contributed by atoms with van der Waals surface area (Å²) in [6.45, 7) is 3.53. The number of carbonyl (C=O) groups excluding carboxylic acids is 1. The Balaban J connectivity index is 0.00000289. The SMILES string of the molecule is CN1CCN(C2(C(=O)N(C)Cc3cccc(C(F)(F)F)c3)Cc3ccccc3C2)CC1.Cl. The van der Waals surface area contributed by atoms with Crippen LogP contribution in [0, 0.1) is 0 Å². The Hall–Kier alpha value is -2.09. The first-order valence-electron chi connectivity index (χ1n) is 10.6. The van der Waals surface area contributed by atoms with Crippen LogP contribution in [-0.2, 0) is 30.4 Å². The molecule has 2 aromatic carbocycles. The monoisotopic (exact) mass is 467 g/mol. The van der Waals surface area contributed by atoms with Crippen LogP contribution in [0.5, 0.6) is 0 Å². The van der Waals surface area contributed by atoms with E-state index in [1.54, 1.807) is 18.0 Å². The minimum absolute atomic E-state index is 0. The van der Waals surface area contributed by atoms with Gasteiger partial charge in [0.25, 0.3) is 0 Å². The number of nitrogens with zero attached hydrogens (tertiary/aromatic N) is 3. The standard InChI is InChI=1S/C24H28F3N3O.ClH/c1-28-10-12-30(13-11-28)23(15-19-7-3-4-8-20(19)16-23)22(31)29(2)17-18-6-5-9-21(14-18)24(25,26)27;/h3-9,14H,10-13,15-17H2,1-2H3;1H. The number of halogens is 4. The molecule has 0 unspecified atom stereocenters. The normalized spacial score (nSPS) is 18.7. The molecule has 2 aromatic rings. The minimum Gasteiger partial charge on any atom is -0.340 e. The van der Waals surface area contributed by atoms with E-state index in [-0.39, 0.29) is 24.9 Å². The molecule has 32 heavy (non-hydrogen) atoms. The van der Waals surface area contributed by atoms with Crippen molar-refractivity contribution >= 4 is 18.3 Å². The molecule has 4 rings (SSSR count). The first-order chi connectivity index (χ1) is 14.7. The summed E-state index contributed by atoms with van der Waals surface area (Å²) < 4.78 is 39.3. The number of alkyl halides is 3. The number of likely N-dealkylation sites (N-methyl/N-ethyl adjacent to an activating group) is 2. The van der Waals surface area contributed by atoms with Gasteiger partial charge in [-0.05, 0) is 35.9 Å². The maximum Gasteiger partial charge on any atom is 0.416 e. The summed E-state index contributed by atoms with van der Waals surface area (Å²) in [4.78, 5) is 20.0. The molecule has 0 atom stereocenters. The minimum atomic E-state index is -4.40. The Morgan fingerprint density at radius 3 is 2.16 bits per heavy atom. The largest absolute Gasteiger partial charge is 0.416 e. The van der Waals surface area contributed by atoms with Gasteiger partial charge in [0.05, 0.1) is 5.56 Å². The Kier molecular flexibility index (Phi) is 7.22. The van der Waals surface area contributed by atoms with E-state index >= 15 is 0 Å². The van der Waals surface area contributed by atoms with Gasteiger partial charge in [-0.15, -0.1) is 12.4 Å². The molecule has 0 saturated carbocycles. The second-order valence-electron chi connectivity index (χ2n) is 8.80. The predicted octanol–water partition coefficient (Wildman–Crippen LogP) is 3.87. The second kappa shape index (κ2) is 9.41. The smallest absolute Gasteiger partial charge is 0.340 e. The molecule has 1 amide bonds. The molecule has 1 aliphatic carbocycles. The van der Waals surface area contributed by atoms with E-state index in [1.165, 1.54) is 17.2 Å². The fraction of sp³-hybridized carbons (Fsp3) is 0.458. The molecule has 0 bridgehead atoms. The van der Waals surface area contributed by atoms with E-state index in [2.05, 4.69) is 29.0 Å². The van der Waals surface area contributed by atoms with E-state index in [4.69, 9.17) is 0 Å². The number of hydrogen-bond acceptors (Lipinski definition) is 3. The summed E-state index contributed by atoms with van der Waals surface area (Å²) in [5.74, 6) is -0.0225. The Morgan fingerprint density at radius 1 is 1.00 bits per heavy atom. The van der Waals surface area contributed by atoms with Crippen LogP contribution >= 0.6 is 12.4 Å². The van der Waals surface area contributed by atoms with Crippen molar-refractivity contribution in [2.75, 3.05) is 40.3 Å². The van der Waals surface area contributed by atoms with Crippen molar-refractivity contribution in [2.24, 2.45) is 0 Å². The molecular formula is C24H29ClF3N3O. The van der Waals surface area contributed by atoms with Crippen LogP contribution in [0.1, 0.15) is 22.3 Å². The number of carbonyl (C=O) groups is 1. The molecule has 8 heteroatoms. The Labute approximate surface area is 193 Å². The number of fused-ring (bicyclic) bond motifs is 1. The molecule has 0 spiro atoms. The third-order valence-electron chi connectivity index (χ3n) is 6.61. The second-order valence-corrected chi connectivity index (χ2v) is 8.80. The number of benzene rings is 2. The first-order valence-corrected chi connectivity index (χ1v) is 10.6. The Bertz CT molecular complexity index is 933. The molecule has 1 aliphatic heterocycles.